The molecule has 0 aliphatic heterocycles. The van der Waals surface area contributed by atoms with Gasteiger partial charge in [-0.05, 0) is 75.9 Å². The Labute approximate surface area is 249 Å². The molecule has 0 amide bonds. The van der Waals surface area contributed by atoms with E-state index < -0.39 is 0 Å². The van der Waals surface area contributed by atoms with Crippen molar-refractivity contribution in [3.63, 3.8) is 0 Å². The molecule has 202 valence electrons. The van der Waals surface area contributed by atoms with Crippen LogP contribution in [-0.4, -0.2) is 22.5 Å². The lowest BCUT2D eigenvalue weighted by atomic mass is 9.88. The van der Waals surface area contributed by atoms with Gasteiger partial charge in [-0.25, -0.2) is 4.98 Å². The molecule has 0 radical (unpaired) electrons. The van der Waals surface area contributed by atoms with Crippen molar-refractivity contribution in [3.8, 4) is 11.5 Å². The lowest BCUT2D eigenvalue weighted by Gasteiger charge is -2.22. The van der Waals surface area contributed by atoms with Gasteiger partial charge < -0.3 is 9.47 Å². The summed E-state index contributed by atoms with van der Waals surface area (Å²) in [6.45, 7) is 2.65. The van der Waals surface area contributed by atoms with Crippen LogP contribution in [0.5, 0.6) is 11.5 Å². The highest BCUT2D eigenvalue weighted by molar-refractivity contribution is 9.13. The van der Waals surface area contributed by atoms with Crippen molar-refractivity contribution >= 4 is 60.6 Å². The topological polar surface area (TPSA) is 65.7 Å². The molecular weight excluding hydrogens is 646 g/mol. The molecule has 1 aliphatic carbocycles. The average molecular weight is 674 g/mol. The van der Waals surface area contributed by atoms with E-state index in [9.17, 15) is 4.79 Å². The second kappa shape index (κ2) is 12.7. The van der Waals surface area contributed by atoms with Crippen molar-refractivity contribution in [1.82, 2.24) is 9.66 Å². The third-order valence-corrected chi connectivity index (χ3v) is 9.36. The van der Waals surface area contributed by atoms with E-state index in [1.54, 1.807) is 12.3 Å². The second-order valence-electron chi connectivity index (χ2n) is 9.42. The van der Waals surface area contributed by atoms with Crippen molar-refractivity contribution in [2.24, 2.45) is 5.10 Å². The van der Waals surface area contributed by atoms with Crippen molar-refractivity contribution in [2.45, 2.75) is 51.6 Å². The monoisotopic (exact) mass is 671 g/mol. The van der Waals surface area contributed by atoms with E-state index in [-0.39, 0.29) is 18.1 Å². The van der Waals surface area contributed by atoms with Crippen molar-refractivity contribution in [1.29, 1.82) is 0 Å². The Balaban J connectivity index is 1.54. The summed E-state index contributed by atoms with van der Waals surface area (Å²) in [7, 11) is 0. The summed E-state index contributed by atoms with van der Waals surface area (Å²) < 4.78 is 15.0. The van der Waals surface area contributed by atoms with Crippen LogP contribution in [0.15, 0.2) is 73.4 Å². The predicted molar refractivity (Wildman–Crippen MR) is 164 cm³/mol. The van der Waals surface area contributed by atoms with Gasteiger partial charge in [0.15, 0.2) is 11.5 Å². The fraction of sp³-hybridized carbons (Fsp3) is 0.300. The molecule has 39 heavy (non-hydrogen) atoms. The van der Waals surface area contributed by atoms with Gasteiger partial charge in [-0.1, -0.05) is 61.2 Å². The molecule has 9 heteroatoms. The van der Waals surface area contributed by atoms with Gasteiger partial charge in [0.2, 0.25) is 0 Å². The van der Waals surface area contributed by atoms with E-state index in [2.05, 4.69) is 31.9 Å². The number of halogens is 3. The van der Waals surface area contributed by atoms with Crippen LogP contribution in [0.4, 0.5) is 0 Å². The fourth-order valence-electron chi connectivity index (χ4n) is 4.86. The van der Waals surface area contributed by atoms with Crippen LogP contribution in [0.1, 0.15) is 61.9 Å². The molecule has 1 fully saturated rings. The van der Waals surface area contributed by atoms with Crippen LogP contribution in [0.2, 0.25) is 5.02 Å². The normalized spacial score (nSPS) is 14.3. The van der Waals surface area contributed by atoms with E-state index in [4.69, 9.17) is 31.2 Å². The smallest absolute Gasteiger partial charge is 0.282 e. The van der Waals surface area contributed by atoms with Gasteiger partial charge in [0.1, 0.15) is 12.4 Å². The molecule has 1 heterocycles. The third kappa shape index (κ3) is 6.08. The van der Waals surface area contributed by atoms with E-state index >= 15 is 0 Å². The average Bonchev–Trinajstić information content (AvgIpc) is 2.96. The zero-order chi connectivity index (χ0) is 27.4. The molecule has 3 aromatic carbocycles. The third-order valence-electron chi connectivity index (χ3n) is 6.85. The SMILES string of the molecule is CCOc1cc(C=Nn2c(C3CCCCC3)nc3ccccc3c2=O)c(Br)c(Br)c1OCc1ccccc1Cl. The van der Waals surface area contributed by atoms with Gasteiger partial charge in [0.05, 0.1) is 28.2 Å². The minimum atomic E-state index is -0.169. The zero-order valence-corrected chi connectivity index (χ0v) is 25.4. The molecule has 0 atom stereocenters. The molecule has 1 saturated carbocycles. The maximum absolute atomic E-state index is 13.6. The molecule has 4 aromatic rings. The molecule has 0 saturated heterocycles. The van der Waals surface area contributed by atoms with Crippen molar-refractivity contribution in [3.05, 3.63) is 95.9 Å². The van der Waals surface area contributed by atoms with Crippen LogP contribution < -0.4 is 15.0 Å². The lowest BCUT2D eigenvalue weighted by Crippen LogP contribution is -2.25. The highest BCUT2D eigenvalue weighted by atomic mass is 79.9. The Hall–Kier alpha value is -2.68. The number of nitrogens with zero attached hydrogens (tertiary/aromatic N) is 3. The summed E-state index contributed by atoms with van der Waals surface area (Å²) in [4.78, 5) is 18.5. The highest BCUT2D eigenvalue weighted by Crippen LogP contribution is 2.43. The quantitative estimate of drug-likeness (QED) is 0.176. The predicted octanol–water partition coefficient (Wildman–Crippen LogP) is 8.48. The molecule has 0 spiro atoms. The number of hydrogen-bond donors (Lipinski definition) is 0. The van der Waals surface area contributed by atoms with Crippen LogP contribution in [0.3, 0.4) is 0 Å². The van der Waals surface area contributed by atoms with Gasteiger partial charge in [-0.3, -0.25) is 4.79 Å². The van der Waals surface area contributed by atoms with E-state index in [1.165, 1.54) is 11.1 Å². The number of benzene rings is 3. The molecule has 1 aliphatic rings. The van der Waals surface area contributed by atoms with Crippen LogP contribution in [0.25, 0.3) is 10.9 Å². The minimum absolute atomic E-state index is 0.169. The van der Waals surface area contributed by atoms with E-state index in [0.717, 1.165) is 47.1 Å². The molecule has 0 bridgehead atoms. The Morgan fingerprint density at radius 1 is 1.05 bits per heavy atom. The first-order valence-corrected chi connectivity index (χ1v) is 15.0. The van der Waals surface area contributed by atoms with Gasteiger partial charge in [-0.2, -0.15) is 9.78 Å². The summed E-state index contributed by atoms with van der Waals surface area (Å²) in [6.07, 6.45) is 7.14. The highest BCUT2D eigenvalue weighted by Gasteiger charge is 2.23. The summed E-state index contributed by atoms with van der Waals surface area (Å²) in [5.74, 6) is 2.02. The Morgan fingerprint density at radius 3 is 2.56 bits per heavy atom. The van der Waals surface area contributed by atoms with Crippen molar-refractivity contribution < 1.29 is 9.47 Å². The number of ether oxygens (including phenoxy) is 2. The van der Waals surface area contributed by atoms with Crippen LogP contribution in [-0.2, 0) is 6.61 Å². The van der Waals surface area contributed by atoms with Crippen LogP contribution >= 0.6 is 43.5 Å². The Morgan fingerprint density at radius 2 is 1.79 bits per heavy atom. The first kappa shape index (κ1) is 27.9. The van der Waals surface area contributed by atoms with Crippen molar-refractivity contribution in [2.75, 3.05) is 6.61 Å². The largest absolute Gasteiger partial charge is 0.490 e. The molecule has 0 N–H and O–H groups in total. The summed E-state index contributed by atoms with van der Waals surface area (Å²) >= 11 is 13.7. The minimum Gasteiger partial charge on any atom is -0.490 e. The second-order valence-corrected chi connectivity index (χ2v) is 11.4. The molecule has 0 unspecified atom stereocenters. The molecule has 6 nitrogen and oxygen atoms in total. The number of rotatable bonds is 8. The van der Waals surface area contributed by atoms with Gasteiger partial charge in [0.25, 0.3) is 5.56 Å². The Kier molecular flexibility index (Phi) is 9.05. The Bertz CT molecular complexity index is 1580. The first-order valence-electron chi connectivity index (χ1n) is 13.0. The molecule has 5 rings (SSSR count). The molecular formula is C30H28Br2ClN3O3. The summed E-state index contributed by atoms with van der Waals surface area (Å²) in [6, 6.07) is 16.9. The van der Waals surface area contributed by atoms with E-state index in [0.29, 0.717) is 38.5 Å². The number of para-hydroxylation sites is 1. The van der Waals surface area contributed by atoms with Gasteiger partial charge in [-0.15, -0.1) is 0 Å². The maximum atomic E-state index is 13.6. The molecule has 1 aromatic heterocycles. The number of fused-ring (bicyclic) bond motifs is 1. The number of aromatic nitrogens is 2. The summed E-state index contributed by atoms with van der Waals surface area (Å²) in [5.41, 5.74) is 2.13. The van der Waals surface area contributed by atoms with E-state index in [1.807, 2.05) is 55.5 Å². The fourth-order valence-corrected chi connectivity index (χ4v) is 5.98. The number of hydrogen-bond acceptors (Lipinski definition) is 5. The van der Waals surface area contributed by atoms with Crippen LogP contribution in [0, 0.1) is 0 Å². The standard InChI is InChI=1S/C30H28Br2ClN3O3/c1-2-38-25-16-21(26(31)27(32)28(25)39-18-20-12-6-8-14-23(20)33)17-34-36-29(19-10-4-3-5-11-19)35-24-15-9-7-13-22(24)30(36)37/h6-9,12-17,19H,2-5,10-11,18H2,1H3. The lowest BCUT2D eigenvalue weighted by molar-refractivity contribution is 0.267. The van der Waals surface area contributed by atoms with Gasteiger partial charge in [0, 0.05) is 26.5 Å². The zero-order valence-electron chi connectivity index (χ0n) is 21.5. The maximum Gasteiger partial charge on any atom is 0.282 e. The summed E-state index contributed by atoms with van der Waals surface area (Å²) in [5, 5.41) is 5.88. The first-order chi connectivity index (χ1) is 19.0. The van der Waals surface area contributed by atoms with Gasteiger partial charge >= 0.3 is 0 Å².